The van der Waals surface area contributed by atoms with Crippen molar-refractivity contribution in [2.24, 2.45) is 11.1 Å². The summed E-state index contributed by atoms with van der Waals surface area (Å²) in [5, 5.41) is 22.0. The van der Waals surface area contributed by atoms with Crippen LogP contribution >= 0.6 is 0 Å². The smallest absolute Gasteiger partial charge is 0.425 e. The molecular formula is C32H48N6O6SSi. The Morgan fingerprint density at radius 2 is 1.87 bits per heavy atom. The maximum Gasteiger partial charge on any atom is 0.425 e. The molecule has 14 heteroatoms. The highest BCUT2D eigenvalue weighted by Gasteiger charge is 2.54. The second-order valence-electron chi connectivity index (χ2n) is 15.2. The van der Waals surface area contributed by atoms with Gasteiger partial charge in [-0.2, -0.15) is 12.7 Å². The van der Waals surface area contributed by atoms with Crippen LogP contribution in [0.5, 0.6) is 0 Å². The second-order valence-corrected chi connectivity index (χ2v) is 21.4. The van der Waals surface area contributed by atoms with Gasteiger partial charge in [0, 0.05) is 31.1 Å². The van der Waals surface area contributed by atoms with Crippen LogP contribution in [-0.2, 0) is 25.8 Å². The normalized spacial score (nSPS) is 23.8. The number of aryl methyl sites for hydroxylation is 1. The van der Waals surface area contributed by atoms with Crippen molar-refractivity contribution >= 4 is 41.5 Å². The van der Waals surface area contributed by atoms with Gasteiger partial charge in [0.1, 0.15) is 23.4 Å². The number of hydrogen-bond acceptors (Lipinski definition) is 9. The van der Waals surface area contributed by atoms with Gasteiger partial charge >= 0.3 is 16.3 Å². The average molecular weight is 673 g/mol. The molecule has 1 fully saturated rings. The Kier molecular flexibility index (Phi) is 8.86. The first-order valence-electron chi connectivity index (χ1n) is 15.8. The fraction of sp³-hybridized carbons (Fsp3) is 0.594. The molecule has 46 heavy (non-hydrogen) atoms. The molecule has 0 spiro atoms. The third kappa shape index (κ3) is 6.96. The monoisotopic (exact) mass is 672 g/mol. The fourth-order valence-corrected chi connectivity index (χ4v) is 8.37. The summed E-state index contributed by atoms with van der Waals surface area (Å²) < 4.78 is 40.0. The number of ether oxygens (including phenoxy) is 1. The number of nitrogens with zero attached hydrogens (tertiary/aromatic N) is 4. The maximum atomic E-state index is 13.1. The molecule has 2 heterocycles. The number of benzene rings is 1. The van der Waals surface area contributed by atoms with E-state index in [0.29, 0.717) is 16.4 Å². The van der Waals surface area contributed by atoms with Crippen LogP contribution in [0.1, 0.15) is 84.0 Å². The van der Waals surface area contributed by atoms with Crippen molar-refractivity contribution in [3.05, 3.63) is 54.0 Å². The molecule has 0 unspecified atom stereocenters. The number of nitrogens with two attached hydrogens (primary N) is 1. The molecule has 252 valence electrons. The van der Waals surface area contributed by atoms with E-state index < -0.39 is 48.5 Å². The molecule has 12 nitrogen and oxygen atoms in total. The van der Waals surface area contributed by atoms with E-state index in [-0.39, 0.29) is 23.5 Å². The zero-order valence-corrected chi connectivity index (χ0v) is 29.9. The van der Waals surface area contributed by atoms with Crippen molar-refractivity contribution in [3.8, 4) is 0 Å². The molecule has 0 radical (unpaired) electrons. The summed E-state index contributed by atoms with van der Waals surface area (Å²) in [6.07, 6.45) is 4.76. The highest BCUT2D eigenvalue weighted by molar-refractivity contribution is 7.87. The third-order valence-corrected chi connectivity index (χ3v) is 15.0. The number of carbonyl (C=O) groups excluding carboxylic acids is 1. The Bertz CT molecular complexity index is 1720. The molecule has 0 saturated heterocycles. The Balaban J connectivity index is 1.48. The van der Waals surface area contributed by atoms with E-state index in [2.05, 4.69) is 54.3 Å². The first kappa shape index (κ1) is 34.3. The van der Waals surface area contributed by atoms with E-state index in [9.17, 15) is 18.3 Å². The van der Waals surface area contributed by atoms with E-state index in [1.807, 2.05) is 36.0 Å². The molecule has 3 aromatic rings. The molecule has 2 aromatic heterocycles. The second kappa shape index (κ2) is 11.9. The number of nitrogens with one attached hydrogen (secondary N) is 1. The minimum atomic E-state index is -4.52. The van der Waals surface area contributed by atoms with E-state index >= 15 is 0 Å². The van der Waals surface area contributed by atoms with E-state index in [1.54, 1.807) is 20.8 Å². The zero-order valence-electron chi connectivity index (χ0n) is 28.1. The Labute approximate surface area is 273 Å². The highest BCUT2D eigenvalue weighted by atomic mass is 32.2. The summed E-state index contributed by atoms with van der Waals surface area (Å²) in [4.78, 5) is 22.3. The van der Waals surface area contributed by atoms with Gasteiger partial charge in [-0.3, -0.25) is 0 Å². The van der Waals surface area contributed by atoms with Crippen LogP contribution in [0.4, 0.5) is 10.6 Å². The summed E-state index contributed by atoms with van der Waals surface area (Å²) in [7, 11) is -7.11. The molecular weight excluding hydrogens is 625 g/mol. The first-order chi connectivity index (χ1) is 21.2. The van der Waals surface area contributed by atoms with Crippen LogP contribution in [0.15, 0.2) is 42.9 Å². The van der Waals surface area contributed by atoms with Crippen LogP contribution in [0.25, 0.3) is 11.0 Å². The summed E-state index contributed by atoms with van der Waals surface area (Å²) in [5.74, 6) is -1.83. The Morgan fingerprint density at radius 3 is 2.52 bits per heavy atom. The topological polar surface area (TPSA) is 162 Å². The van der Waals surface area contributed by atoms with Crippen LogP contribution < -0.4 is 10.5 Å². The lowest BCUT2D eigenvalue weighted by Crippen LogP contribution is -2.55. The van der Waals surface area contributed by atoms with Gasteiger partial charge in [-0.1, -0.05) is 45.0 Å². The van der Waals surface area contributed by atoms with Gasteiger partial charge in [0.2, 0.25) is 0 Å². The largest absolute Gasteiger partial charge is 0.443 e. The highest BCUT2D eigenvalue weighted by Crippen LogP contribution is 2.49. The maximum absolute atomic E-state index is 13.1. The molecule has 1 amide bonds. The number of rotatable bonds is 8. The predicted octanol–water partition coefficient (Wildman–Crippen LogP) is 5.63. The molecule has 4 atom stereocenters. The number of aromatic nitrogens is 3. The molecule has 5 rings (SSSR count). The van der Waals surface area contributed by atoms with Crippen molar-refractivity contribution in [3.63, 3.8) is 0 Å². The van der Waals surface area contributed by atoms with Gasteiger partial charge < -0.3 is 24.2 Å². The standard InChI is InChI=1S/C32H48N6O6SSi/c1-30(2,3)43-29(39)38(45(33,41)42)19-22-17-23(18-32(22,40)44-46(7,8)31(4,5)6)37-16-15-25-27(34-20-35-28(25)37)36-26-14-13-21-11-9-10-12-24(21)26/h9-12,15-16,20,22-23,26,40H,13-14,17-19H2,1-8H3,(H2,33,41,42)(H,34,35,36)/t22-,23+,26-,32-/m0/s1. The summed E-state index contributed by atoms with van der Waals surface area (Å²) in [6, 6.07) is 10.2. The molecule has 1 saturated carbocycles. The Hall–Kier alpha value is -3.04. The number of fused-ring (bicyclic) bond motifs is 2. The molecule has 4 N–H and O–H groups in total. The van der Waals surface area contributed by atoms with Crippen molar-refractivity contribution < 1.29 is 27.5 Å². The van der Waals surface area contributed by atoms with Gasteiger partial charge in [0.25, 0.3) is 0 Å². The molecule has 0 aliphatic heterocycles. The molecule has 2 aliphatic carbocycles. The average Bonchev–Trinajstić information content (AvgIpc) is 3.60. The molecule has 1 aromatic carbocycles. The summed E-state index contributed by atoms with van der Waals surface area (Å²) >= 11 is 0. The Morgan fingerprint density at radius 1 is 1.17 bits per heavy atom. The summed E-state index contributed by atoms with van der Waals surface area (Å²) in [6.45, 7) is 14.8. The predicted molar refractivity (Wildman–Crippen MR) is 180 cm³/mol. The van der Waals surface area contributed by atoms with E-state index in [0.717, 1.165) is 24.0 Å². The zero-order chi connectivity index (χ0) is 33.9. The van der Waals surface area contributed by atoms with Gasteiger partial charge in [-0.15, -0.1) is 0 Å². The van der Waals surface area contributed by atoms with Gasteiger partial charge in [-0.25, -0.2) is 19.9 Å². The minimum Gasteiger partial charge on any atom is -0.443 e. The van der Waals surface area contributed by atoms with Crippen LogP contribution in [0.2, 0.25) is 18.1 Å². The quantitative estimate of drug-likeness (QED) is 0.203. The molecule has 2 aliphatic rings. The summed E-state index contributed by atoms with van der Waals surface area (Å²) in [5.41, 5.74) is 2.33. The SMILES string of the molecule is CC(C)(C)OC(=O)N(C[C@@H]1C[C@@H](n2ccc3c(N[C@H]4CCc5ccccc54)ncnc32)C[C@]1(O)O[Si](C)(C)C(C)(C)C)S(N)(=O)=O. The van der Waals surface area contributed by atoms with Gasteiger partial charge in [-0.05, 0) is 75.4 Å². The minimum absolute atomic E-state index is 0.133. The van der Waals surface area contributed by atoms with Crippen molar-refractivity contribution in [2.45, 2.75) is 109 Å². The van der Waals surface area contributed by atoms with Crippen molar-refractivity contribution in [2.75, 3.05) is 11.9 Å². The van der Waals surface area contributed by atoms with E-state index in [4.69, 9.17) is 14.3 Å². The number of carbonyl (C=O) groups is 1. The fourth-order valence-electron chi connectivity index (χ4n) is 6.30. The van der Waals surface area contributed by atoms with E-state index in [1.165, 1.54) is 17.5 Å². The lowest BCUT2D eigenvalue weighted by Gasteiger charge is -2.44. The van der Waals surface area contributed by atoms with Crippen LogP contribution in [0.3, 0.4) is 0 Å². The number of aliphatic hydroxyl groups is 1. The van der Waals surface area contributed by atoms with Crippen molar-refractivity contribution in [1.82, 2.24) is 18.8 Å². The van der Waals surface area contributed by atoms with Crippen molar-refractivity contribution in [1.29, 1.82) is 0 Å². The van der Waals surface area contributed by atoms with Gasteiger partial charge in [0.15, 0.2) is 14.1 Å². The van der Waals surface area contributed by atoms with Crippen LogP contribution in [-0.4, -0.2) is 64.7 Å². The lowest BCUT2D eigenvalue weighted by molar-refractivity contribution is -0.174. The molecule has 0 bridgehead atoms. The third-order valence-electron chi connectivity index (χ3n) is 9.60. The lowest BCUT2D eigenvalue weighted by atomic mass is 10.0. The number of hydrogen-bond donors (Lipinski definition) is 3. The van der Waals surface area contributed by atoms with Crippen LogP contribution in [0, 0.1) is 5.92 Å². The van der Waals surface area contributed by atoms with Gasteiger partial charge in [0.05, 0.1) is 11.4 Å². The number of amides is 1. The number of anilines is 1. The first-order valence-corrected chi connectivity index (χ1v) is 20.2.